The van der Waals surface area contributed by atoms with Gasteiger partial charge in [-0.1, -0.05) is 77.8 Å². The second kappa shape index (κ2) is 9.97. The third kappa shape index (κ3) is 5.12. The number of ketones is 1. The highest BCUT2D eigenvalue weighted by Gasteiger charge is 2.30. The molecular weight excluding hydrogens is 477 g/mol. The smallest absolute Gasteiger partial charge is 0.293 e. The molecule has 8 heteroatoms. The van der Waals surface area contributed by atoms with E-state index in [2.05, 4.69) is 10.3 Å². The molecule has 0 fully saturated rings. The summed E-state index contributed by atoms with van der Waals surface area (Å²) in [5, 5.41) is 14.6. The lowest BCUT2D eigenvalue weighted by Gasteiger charge is -2.08. The normalized spacial score (nSPS) is 11.4. The number of benzene rings is 3. The van der Waals surface area contributed by atoms with Gasteiger partial charge >= 0.3 is 0 Å². The van der Waals surface area contributed by atoms with E-state index in [9.17, 15) is 14.9 Å². The molecular formula is C25H15Cl2N3O2S. The van der Waals surface area contributed by atoms with Gasteiger partial charge in [0.05, 0.1) is 22.5 Å². The second-order valence-electron chi connectivity index (χ2n) is 7.02. The first-order chi connectivity index (χ1) is 16.0. The van der Waals surface area contributed by atoms with Crippen molar-refractivity contribution in [1.29, 1.82) is 5.26 Å². The fourth-order valence-electron chi connectivity index (χ4n) is 3.15. The van der Waals surface area contributed by atoms with Gasteiger partial charge < -0.3 is 5.32 Å². The summed E-state index contributed by atoms with van der Waals surface area (Å²) in [4.78, 5) is 29.6. The third-order valence-electron chi connectivity index (χ3n) is 4.85. The number of carbonyl (C=O) groups is 2. The molecule has 1 atom stereocenters. The van der Waals surface area contributed by atoms with Crippen LogP contribution in [-0.2, 0) is 9.59 Å². The van der Waals surface area contributed by atoms with Gasteiger partial charge in [-0.2, -0.15) is 5.26 Å². The van der Waals surface area contributed by atoms with E-state index >= 15 is 0 Å². The predicted molar refractivity (Wildman–Crippen MR) is 131 cm³/mol. The Morgan fingerprint density at radius 3 is 2.30 bits per heavy atom. The van der Waals surface area contributed by atoms with Crippen molar-refractivity contribution >= 4 is 51.9 Å². The monoisotopic (exact) mass is 491 g/mol. The first kappa shape index (κ1) is 22.7. The zero-order valence-electron chi connectivity index (χ0n) is 17.0. The predicted octanol–water partition coefficient (Wildman–Crippen LogP) is 6.60. The maximum atomic E-state index is 12.7. The highest BCUT2D eigenvalue weighted by Crippen LogP contribution is 2.30. The molecule has 1 heterocycles. The van der Waals surface area contributed by atoms with E-state index in [1.54, 1.807) is 11.4 Å². The van der Waals surface area contributed by atoms with Crippen LogP contribution >= 0.6 is 34.5 Å². The van der Waals surface area contributed by atoms with Crippen LogP contribution in [0.2, 0.25) is 10.0 Å². The number of amides is 1. The quantitative estimate of drug-likeness (QED) is 0.308. The maximum absolute atomic E-state index is 12.7. The molecule has 4 aromatic rings. The number of rotatable bonds is 6. The number of halogens is 2. The Morgan fingerprint density at radius 1 is 0.939 bits per heavy atom. The first-order valence-corrected chi connectivity index (χ1v) is 11.4. The molecule has 1 amide bonds. The highest BCUT2D eigenvalue weighted by molar-refractivity contribution is 7.10. The van der Waals surface area contributed by atoms with E-state index in [0.29, 0.717) is 10.7 Å². The van der Waals surface area contributed by atoms with Gasteiger partial charge in [0, 0.05) is 16.0 Å². The van der Waals surface area contributed by atoms with E-state index in [0.717, 1.165) is 28.0 Å². The Balaban J connectivity index is 1.51. The van der Waals surface area contributed by atoms with Gasteiger partial charge in [-0.25, -0.2) is 4.98 Å². The average Bonchev–Trinajstić information content (AvgIpc) is 3.32. The summed E-state index contributed by atoms with van der Waals surface area (Å²) in [7, 11) is 0. The van der Waals surface area contributed by atoms with Gasteiger partial charge in [0.15, 0.2) is 5.92 Å². The Morgan fingerprint density at radius 2 is 1.61 bits per heavy atom. The first-order valence-electron chi connectivity index (χ1n) is 9.77. The van der Waals surface area contributed by atoms with Crippen LogP contribution in [0.4, 0.5) is 5.69 Å². The average molecular weight is 492 g/mol. The largest absolute Gasteiger partial charge is 0.318 e. The fraction of sp³-hybridized carbons (Fsp3) is 0.0400. The summed E-state index contributed by atoms with van der Waals surface area (Å²) in [5.41, 5.74) is 3.83. The SMILES string of the molecule is N#CC(C(=O)C(=O)Nc1cc(Cl)ccc1Cl)c1nc(-c2ccc(-c3ccccc3)cc2)cs1. The van der Waals surface area contributed by atoms with Crippen molar-refractivity contribution in [2.45, 2.75) is 5.92 Å². The van der Waals surface area contributed by atoms with Crippen LogP contribution in [0.25, 0.3) is 22.4 Å². The Bertz CT molecular complexity index is 1360. The number of thiazole rings is 1. The molecule has 0 aliphatic heterocycles. The van der Waals surface area contributed by atoms with Crippen molar-refractivity contribution in [2.24, 2.45) is 0 Å². The topological polar surface area (TPSA) is 82.8 Å². The second-order valence-corrected chi connectivity index (χ2v) is 8.75. The lowest BCUT2D eigenvalue weighted by molar-refractivity contribution is -0.135. The molecule has 5 nitrogen and oxygen atoms in total. The minimum absolute atomic E-state index is 0.192. The molecule has 0 bridgehead atoms. The van der Waals surface area contributed by atoms with E-state index in [4.69, 9.17) is 23.2 Å². The Labute approximate surface area is 204 Å². The Kier molecular flexibility index (Phi) is 6.85. The molecule has 0 aliphatic carbocycles. The number of nitrogens with one attached hydrogen (secondary N) is 1. The number of nitriles is 1. The van der Waals surface area contributed by atoms with Gasteiger partial charge in [-0.3, -0.25) is 9.59 Å². The minimum atomic E-state index is -1.33. The third-order valence-corrected chi connectivity index (χ3v) is 6.32. The zero-order chi connectivity index (χ0) is 23.4. The van der Waals surface area contributed by atoms with Crippen molar-refractivity contribution in [3.05, 3.63) is 93.2 Å². The molecule has 1 N–H and O–H groups in total. The number of nitrogens with zero attached hydrogens (tertiary/aromatic N) is 2. The van der Waals surface area contributed by atoms with Crippen LogP contribution in [0.1, 0.15) is 10.9 Å². The lowest BCUT2D eigenvalue weighted by atomic mass is 10.0. The van der Waals surface area contributed by atoms with Crippen molar-refractivity contribution in [1.82, 2.24) is 4.98 Å². The van der Waals surface area contributed by atoms with Gasteiger partial charge in [-0.05, 0) is 29.3 Å². The maximum Gasteiger partial charge on any atom is 0.293 e. The molecule has 162 valence electrons. The molecule has 4 rings (SSSR count). The van der Waals surface area contributed by atoms with Crippen molar-refractivity contribution in [2.75, 3.05) is 5.32 Å². The van der Waals surface area contributed by atoms with E-state index in [-0.39, 0.29) is 15.7 Å². The molecule has 0 spiro atoms. The van der Waals surface area contributed by atoms with Crippen molar-refractivity contribution in [3.63, 3.8) is 0 Å². The summed E-state index contributed by atoms with van der Waals surface area (Å²) in [6.07, 6.45) is 0. The van der Waals surface area contributed by atoms with Crippen molar-refractivity contribution < 1.29 is 9.59 Å². The van der Waals surface area contributed by atoms with Crippen LogP contribution in [0.15, 0.2) is 78.2 Å². The summed E-state index contributed by atoms with van der Waals surface area (Å²) in [6.45, 7) is 0. The zero-order valence-corrected chi connectivity index (χ0v) is 19.3. The van der Waals surface area contributed by atoms with Gasteiger partial charge in [0.25, 0.3) is 5.91 Å². The summed E-state index contributed by atoms with van der Waals surface area (Å²) in [6, 6.07) is 24.2. The molecule has 1 unspecified atom stereocenters. The standard InChI is InChI=1S/C25H15Cl2N3O2S/c26-18-10-11-20(27)21(12-18)29-24(32)23(31)19(13-28)25-30-22(14-33-25)17-8-6-16(7-9-17)15-4-2-1-3-5-15/h1-12,14,19H,(H,29,32). The van der Waals surface area contributed by atoms with Crippen LogP contribution in [0, 0.1) is 11.3 Å². The molecule has 0 saturated carbocycles. The van der Waals surface area contributed by atoms with Gasteiger partial charge in [0.1, 0.15) is 5.01 Å². The summed E-state index contributed by atoms with van der Waals surface area (Å²) in [5.74, 6) is -3.21. The number of hydrogen-bond acceptors (Lipinski definition) is 5. The minimum Gasteiger partial charge on any atom is -0.318 e. The number of aromatic nitrogens is 1. The summed E-state index contributed by atoms with van der Waals surface area (Å²) < 4.78 is 0. The van der Waals surface area contributed by atoms with Gasteiger partial charge in [0.2, 0.25) is 5.78 Å². The highest BCUT2D eigenvalue weighted by atomic mass is 35.5. The molecule has 0 aliphatic rings. The molecule has 0 saturated heterocycles. The number of hydrogen-bond donors (Lipinski definition) is 1. The number of carbonyl (C=O) groups excluding carboxylic acids is 2. The number of anilines is 1. The van der Waals surface area contributed by atoms with E-state index in [1.807, 2.05) is 60.7 Å². The Hall–Kier alpha value is -3.50. The molecule has 0 radical (unpaired) electrons. The van der Waals surface area contributed by atoms with Crippen LogP contribution in [-0.4, -0.2) is 16.7 Å². The van der Waals surface area contributed by atoms with Crippen LogP contribution < -0.4 is 5.32 Å². The molecule has 1 aromatic heterocycles. The number of Topliss-reactive ketones (excluding diaryl/α,β-unsaturated/α-hetero) is 1. The van der Waals surface area contributed by atoms with Gasteiger partial charge in [-0.15, -0.1) is 11.3 Å². The van der Waals surface area contributed by atoms with Crippen molar-refractivity contribution in [3.8, 4) is 28.5 Å². The molecule has 33 heavy (non-hydrogen) atoms. The van der Waals surface area contributed by atoms with E-state index in [1.165, 1.54) is 12.1 Å². The van der Waals surface area contributed by atoms with E-state index < -0.39 is 17.6 Å². The fourth-order valence-corrected chi connectivity index (χ4v) is 4.36. The summed E-state index contributed by atoms with van der Waals surface area (Å²) >= 11 is 13.1. The lowest BCUT2D eigenvalue weighted by Crippen LogP contribution is -2.27. The van der Waals surface area contributed by atoms with Crippen LogP contribution in [0.3, 0.4) is 0 Å². The molecule has 3 aromatic carbocycles. The van der Waals surface area contributed by atoms with Crippen LogP contribution in [0.5, 0.6) is 0 Å².